The van der Waals surface area contributed by atoms with E-state index in [4.69, 9.17) is 4.74 Å². The van der Waals surface area contributed by atoms with Crippen molar-refractivity contribution in [1.82, 2.24) is 9.88 Å². The van der Waals surface area contributed by atoms with Gasteiger partial charge in [-0.2, -0.15) is 0 Å². The molecule has 2 heterocycles. The summed E-state index contributed by atoms with van der Waals surface area (Å²) < 4.78 is 5.40. The molecule has 4 rings (SSSR count). The van der Waals surface area contributed by atoms with Gasteiger partial charge in [-0.1, -0.05) is 12.1 Å². The maximum atomic E-state index is 9.64. The number of aromatic amines is 1. The predicted octanol–water partition coefficient (Wildman–Crippen LogP) is 2.09. The molecule has 2 unspecified atom stereocenters. The number of ether oxygens (including phenoxy) is 1. The van der Waals surface area contributed by atoms with Crippen LogP contribution in [0.3, 0.4) is 0 Å². The minimum absolute atomic E-state index is 0.263. The average molecular weight is 286 g/mol. The van der Waals surface area contributed by atoms with Gasteiger partial charge in [0.25, 0.3) is 0 Å². The SMILES string of the molecule is COCN1CC(CO)CC2c3cccc4[nH]cc(c34)C[C@H]21. The number of hydrogen-bond acceptors (Lipinski definition) is 3. The van der Waals surface area contributed by atoms with Crippen LogP contribution in [0.1, 0.15) is 23.5 Å². The molecular formula is C17H22N2O2. The fourth-order valence-electron chi connectivity index (χ4n) is 4.35. The van der Waals surface area contributed by atoms with E-state index in [9.17, 15) is 5.11 Å². The summed E-state index contributed by atoms with van der Waals surface area (Å²) in [5.74, 6) is 0.843. The molecule has 0 saturated carbocycles. The predicted molar refractivity (Wildman–Crippen MR) is 82.3 cm³/mol. The minimum atomic E-state index is 0.263. The number of aliphatic hydroxyl groups is 1. The second kappa shape index (κ2) is 5.13. The van der Waals surface area contributed by atoms with Gasteiger partial charge in [-0.05, 0) is 36.0 Å². The van der Waals surface area contributed by atoms with Gasteiger partial charge in [-0.25, -0.2) is 0 Å². The number of hydrogen-bond donors (Lipinski definition) is 2. The molecule has 0 amide bonds. The number of nitrogens with one attached hydrogen (secondary N) is 1. The van der Waals surface area contributed by atoms with Crippen molar-refractivity contribution >= 4 is 10.9 Å². The van der Waals surface area contributed by atoms with Crippen LogP contribution in [0.5, 0.6) is 0 Å². The van der Waals surface area contributed by atoms with Crippen LogP contribution in [-0.2, 0) is 11.2 Å². The van der Waals surface area contributed by atoms with Crippen molar-refractivity contribution in [3.63, 3.8) is 0 Å². The highest BCUT2D eigenvalue weighted by atomic mass is 16.5. The molecule has 3 atom stereocenters. The Kier molecular flexibility index (Phi) is 3.25. The lowest BCUT2D eigenvalue weighted by molar-refractivity contribution is -0.0217. The van der Waals surface area contributed by atoms with Crippen LogP contribution in [0.25, 0.3) is 10.9 Å². The zero-order valence-corrected chi connectivity index (χ0v) is 12.4. The molecular weight excluding hydrogens is 264 g/mol. The minimum Gasteiger partial charge on any atom is -0.396 e. The third-order valence-electron chi connectivity index (χ3n) is 5.21. The van der Waals surface area contributed by atoms with Crippen molar-refractivity contribution in [2.24, 2.45) is 5.92 Å². The fourth-order valence-corrected chi connectivity index (χ4v) is 4.35. The number of fused-ring (bicyclic) bond motifs is 2. The third-order valence-corrected chi connectivity index (χ3v) is 5.21. The van der Waals surface area contributed by atoms with Crippen molar-refractivity contribution in [2.75, 3.05) is 27.0 Å². The van der Waals surface area contributed by atoms with Crippen molar-refractivity contribution in [2.45, 2.75) is 24.8 Å². The van der Waals surface area contributed by atoms with E-state index in [-0.39, 0.29) is 6.61 Å². The van der Waals surface area contributed by atoms with Crippen LogP contribution in [0, 0.1) is 5.92 Å². The summed E-state index contributed by atoms with van der Waals surface area (Å²) in [4.78, 5) is 5.81. The number of H-pyrrole nitrogens is 1. The topological polar surface area (TPSA) is 48.5 Å². The highest BCUT2D eigenvalue weighted by Gasteiger charge is 2.40. The maximum absolute atomic E-state index is 9.64. The van der Waals surface area contributed by atoms with Gasteiger partial charge in [0.1, 0.15) is 0 Å². The summed E-state index contributed by atoms with van der Waals surface area (Å²) in [5.41, 5.74) is 4.11. The van der Waals surface area contributed by atoms with Crippen molar-refractivity contribution in [3.05, 3.63) is 35.5 Å². The molecule has 4 nitrogen and oxygen atoms in total. The first-order valence-corrected chi connectivity index (χ1v) is 7.74. The number of nitrogens with zero attached hydrogens (tertiary/aromatic N) is 1. The zero-order valence-electron chi connectivity index (χ0n) is 12.4. The Labute approximate surface area is 124 Å². The fraction of sp³-hybridized carbons (Fsp3) is 0.529. The molecule has 1 saturated heterocycles. The van der Waals surface area contributed by atoms with E-state index in [0.29, 0.717) is 24.6 Å². The van der Waals surface area contributed by atoms with E-state index >= 15 is 0 Å². The Morgan fingerprint density at radius 3 is 3.14 bits per heavy atom. The van der Waals surface area contributed by atoms with Gasteiger partial charge in [0.05, 0.1) is 6.73 Å². The van der Waals surface area contributed by atoms with E-state index in [1.54, 1.807) is 7.11 Å². The largest absolute Gasteiger partial charge is 0.396 e. The smallest absolute Gasteiger partial charge is 0.0989 e. The molecule has 0 spiro atoms. The van der Waals surface area contributed by atoms with E-state index in [1.807, 2.05) is 0 Å². The van der Waals surface area contributed by atoms with Gasteiger partial charge >= 0.3 is 0 Å². The molecule has 0 radical (unpaired) electrons. The first kappa shape index (κ1) is 13.3. The Morgan fingerprint density at radius 1 is 1.43 bits per heavy atom. The van der Waals surface area contributed by atoms with Gasteiger partial charge in [0.2, 0.25) is 0 Å². The summed E-state index contributed by atoms with van der Waals surface area (Å²) in [6, 6.07) is 7.05. The standard InChI is InChI=1S/C17H22N2O2/c1-21-10-19-8-11(9-20)5-14-13-3-2-4-15-17(13)12(7-18-15)6-16(14)19/h2-4,7,11,14,16,18,20H,5-6,8-10H2,1H3/t11?,14?,16-/m1/s1. The van der Waals surface area contributed by atoms with Gasteiger partial charge in [-0.15, -0.1) is 0 Å². The van der Waals surface area contributed by atoms with Crippen LogP contribution in [0.15, 0.2) is 24.4 Å². The number of piperidine rings is 1. The van der Waals surface area contributed by atoms with E-state index in [0.717, 1.165) is 19.4 Å². The average Bonchev–Trinajstić information content (AvgIpc) is 2.93. The van der Waals surface area contributed by atoms with Crippen LogP contribution in [0.4, 0.5) is 0 Å². The van der Waals surface area contributed by atoms with Crippen LogP contribution >= 0.6 is 0 Å². The van der Waals surface area contributed by atoms with Crippen molar-refractivity contribution in [1.29, 1.82) is 0 Å². The first-order chi connectivity index (χ1) is 10.3. The number of likely N-dealkylation sites (tertiary alicyclic amines) is 1. The number of benzene rings is 1. The molecule has 2 aromatic rings. The number of methoxy groups -OCH3 is 1. The zero-order chi connectivity index (χ0) is 14.4. The Balaban J connectivity index is 1.79. The molecule has 4 heteroatoms. The molecule has 1 aromatic carbocycles. The molecule has 1 aliphatic heterocycles. The highest BCUT2D eigenvalue weighted by Crippen LogP contribution is 2.44. The summed E-state index contributed by atoms with van der Waals surface area (Å²) in [6.07, 6.45) is 4.31. The monoisotopic (exact) mass is 286 g/mol. The number of aromatic nitrogens is 1. The maximum Gasteiger partial charge on any atom is 0.0989 e. The molecule has 21 heavy (non-hydrogen) atoms. The van der Waals surface area contributed by atoms with E-state index < -0.39 is 0 Å². The van der Waals surface area contributed by atoms with E-state index in [1.165, 1.54) is 22.0 Å². The molecule has 1 aromatic heterocycles. The van der Waals surface area contributed by atoms with E-state index in [2.05, 4.69) is 34.3 Å². The third kappa shape index (κ3) is 2.01. The highest BCUT2D eigenvalue weighted by molar-refractivity contribution is 5.88. The lowest BCUT2D eigenvalue weighted by atomic mass is 9.72. The summed E-state index contributed by atoms with van der Waals surface area (Å²) >= 11 is 0. The molecule has 0 bridgehead atoms. The lowest BCUT2D eigenvalue weighted by Gasteiger charge is -2.46. The van der Waals surface area contributed by atoms with Crippen LogP contribution in [-0.4, -0.2) is 48.0 Å². The molecule has 2 aliphatic rings. The van der Waals surface area contributed by atoms with Gasteiger partial charge in [-0.3, -0.25) is 4.90 Å². The summed E-state index contributed by atoms with van der Waals surface area (Å²) in [6.45, 7) is 1.84. The number of rotatable bonds is 3. The van der Waals surface area contributed by atoms with Gasteiger partial charge in [0.15, 0.2) is 0 Å². The molecule has 2 N–H and O–H groups in total. The lowest BCUT2D eigenvalue weighted by Crippen LogP contribution is -2.51. The second-order valence-electron chi connectivity index (χ2n) is 6.44. The summed E-state index contributed by atoms with van der Waals surface area (Å²) in [5, 5.41) is 11.1. The Hall–Kier alpha value is -1.36. The molecule has 1 fully saturated rings. The summed E-state index contributed by atoms with van der Waals surface area (Å²) in [7, 11) is 1.75. The Morgan fingerprint density at radius 2 is 2.33 bits per heavy atom. The molecule has 112 valence electrons. The van der Waals surface area contributed by atoms with Gasteiger partial charge in [0, 0.05) is 49.3 Å². The molecule has 1 aliphatic carbocycles. The van der Waals surface area contributed by atoms with Crippen molar-refractivity contribution < 1.29 is 9.84 Å². The van der Waals surface area contributed by atoms with Gasteiger partial charge < -0.3 is 14.8 Å². The quantitative estimate of drug-likeness (QED) is 0.908. The van der Waals surface area contributed by atoms with Crippen molar-refractivity contribution in [3.8, 4) is 0 Å². The second-order valence-corrected chi connectivity index (χ2v) is 6.44. The van der Waals surface area contributed by atoms with Crippen LogP contribution < -0.4 is 0 Å². The normalized spacial score (nSPS) is 28.8. The first-order valence-electron chi connectivity index (χ1n) is 7.74. The Bertz CT molecular complexity index is 651. The number of aliphatic hydroxyl groups excluding tert-OH is 1. The van der Waals surface area contributed by atoms with Crippen LogP contribution in [0.2, 0.25) is 0 Å².